The van der Waals surface area contributed by atoms with Crippen LogP contribution in [-0.2, 0) is 9.59 Å². The van der Waals surface area contributed by atoms with Gasteiger partial charge in [0.15, 0.2) is 0 Å². The lowest BCUT2D eigenvalue weighted by Crippen LogP contribution is -2.51. The SMILES string of the molecule is O=C(Nc1cc(Cl)ccc1Cl)C(=O)N1CCN(c2cccc(Cl)c2)CC1. The highest BCUT2D eigenvalue weighted by atomic mass is 35.5. The number of carbonyl (C=O) groups is 2. The molecule has 8 heteroatoms. The molecule has 136 valence electrons. The highest BCUT2D eigenvalue weighted by Crippen LogP contribution is 2.25. The van der Waals surface area contributed by atoms with Crippen LogP contribution in [0.25, 0.3) is 0 Å². The highest BCUT2D eigenvalue weighted by molar-refractivity contribution is 6.42. The van der Waals surface area contributed by atoms with Crippen LogP contribution in [0.1, 0.15) is 0 Å². The second-order valence-electron chi connectivity index (χ2n) is 5.84. The van der Waals surface area contributed by atoms with Gasteiger partial charge in [-0.15, -0.1) is 0 Å². The van der Waals surface area contributed by atoms with Crippen molar-refractivity contribution in [1.29, 1.82) is 0 Å². The maximum atomic E-state index is 12.4. The number of amides is 2. The van der Waals surface area contributed by atoms with Gasteiger partial charge in [0, 0.05) is 41.9 Å². The van der Waals surface area contributed by atoms with Gasteiger partial charge in [0.05, 0.1) is 10.7 Å². The zero-order valence-corrected chi connectivity index (χ0v) is 16.0. The van der Waals surface area contributed by atoms with Gasteiger partial charge in [0.1, 0.15) is 0 Å². The molecule has 0 bridgehead atoms. The Hall–Kier alpha value is -1.95. The van der Waals surface area contributed by atoms with Crippen molar-refractivity contribution in [1.82, 2.24) is 4.90 Å². The molecule has 0 atom stereocenters. The van der Waals surface area contributed by atoms with Gasteiger partial charge >= 0.3 is 11.8 Å². The number of benzene rings is 2. The lowest BCUT2D eigenvalue weighted by atomic mass is 10.2. The summed E-state index contributed by atoms with van der Waals surface area (Å²) in [6.45, 7) is 2.14. The summed E-state index contributed by atoms with van der Waals surface area (Å²) in [5.41, 5.74) is 1.31. The first-order chi connectivity index (χ1) is 12.4. The lowest BCUT2D eigenvalue weighted by molar-refractivity contribution is -0.143. The van der Waals surface area contributed by atoms with Crippen molar-refractivity contribution in [3.63, 3.8) is 0 Å². The summed E-state index contributed by atoms with van der Waals surface area (Å²) in [5.74, 6) is -1.32. The molecular weight excluding hydrogens is 397 g/mol. The topological polar surface area (TPSA) is 52.7 Å². The van der Waals surface area contributed by atoms with Gasteiger partial charge in [-0.05, 0) is 36.4 Å². The minimum atomic E-state index is -0.731. The molecule has 0 aromatic heterocycles. The normalized spacial score (nSPS) is 14.3. The second-order valence-corrected chi connectivity index (χ2v) is 7.12. The molecule has 2 amide bonds. The second kappa shape index (κ2) is 8.16. The van der Waals surface area contributed by atoms with Crippen LogP contribution in [0.5, 0.6) is 0 Å². The molecule has 1 aliphatic heterocycles. The number of anilines is 2. The van der Waals surface area contributed by atoms with Crippen LogP contribution < -0.4 is 10.2 Å². The van der Waals surface area contributed by atoms with Crippen LogP contribution in [-0.4, -0.2) is 42.9 Å². The summed E-state index contributed by atoms with van der Waals surface area (Å²) < 4.78 is 0. The Morgan fingerprint density at radius 1 is 0.885 bits per heavy atom. The van der Waals surface area contributed by atoms with E-state index in [4.69, 9.17) is 34.8 Å². The molecule has 2 aromatic rings. The van der Waals surface area contributed by atoms with Crippen molar-refractivity contribution in [2.24, 2.45) is 0 Å². The molecule has 1 saturated heterocycles. The summed E-state index contributed by atoms with van der Waals surface area (Å²) >= 11 is 17.9. The first kappa shape index (κ1) is 18.8. The van der Waals surface area contributed by atoms with Crippen molar-refractivity contribution in [3.8, 4) is 0 Å². The molecule has 1 aliphatic rings. The molecule has 0 aliphatic carbocycles. The van der Waals surface area contributed by atoms with Crippen LogP contribution in [0, 0.1) is 0 Å². The van der Waals surface area contributed by atoms with E-state index in [2.05, 4.69) is 10.2 Å². The van der Waals surface area contributed by atoms with Crippen molar-refractivity contribution in [3.05, 3.63) is 57.5 Å². The van der Waals surface area contributed by atoms with Gasteiger partial charge in [0.2, 0.25) is 0 Å². The van der Waals surface area contributed by atoms with E-state index in [1.54, 1.807) is 12.1 Å². The molecule has 26 heavy (non-hydrogen) atoms. The summed E-state index contributed by atoms with van der Waals surface area (Å²) in [4.78, 5) is 28.3. The maximum absolute atomic E-state index is 12.4. The Kier molecular flexibility index (Phi) is 5.91. The smallest absolute Gasteiger partial charge is 0.313 e. The zero-order chi connectivity index (χ0) is 18.7. The lowest BCUT2D eigenvalue weighted by Gasteiger charge is -2.35. The van der Waals surface area contributed by atoms with Gasteiger partial charge in [-0.1, -0.05) is 40.9 Å². The largest absolute Gasteiger partial charge is 0.368 e. The average molecular weight is 413 g/mol. The van der Waals surface area contributed by atoms with E-state index in [0.717, 1.165) is 5.69 Å². The van der Waals surface area contributed by atoms with Crippen LogP contribution >= 0.6 is 34.8 Å². The predicted molar refractivity (Wildman–Crippen MR) is 105 cm³/mol. The highest BCUT2D eigenvalue weighted by Gasteiger charge is 2.26. The number of carbonyl (C=O) groups excluding carboxylic acids is 2. The van der Waals surface area contributed by atoms with Gasteiger partial charge in [-0.25, -0.2) is 0 Å². The Morgan fingerprint density at radius 2 is 1.58 bits per heavy atom. The molecule has 0 saturated carbocycles. The first-order valence-corrected chi connectivity index (χ1v) is 9.13. The molecule has 0 spiro atoms. The molecule has 5 nitrogen and oxygen atoms in total. The molecule has 0 radical (unpaired) electrons. The Morgan fingerprint density at radius 3 is 2.27 bits per heavy atom. The zero-order valence-electron chi connectivity index (χ0n) is 13.7. The monoisotopic (exact) mass is 411 g/mol. The van der Waals surface area contributed by atoms with Gasteiger partial charge in [-0.3, -0.25) is 9.59 Å². The number of hydrogen-bond donors (Lipinski definition) is 1. The van der Waals surface area contributed by atoms with Crippen LogP contribution in [0.3, 0.4) is 0 Å². The fraction of sp³-hybridized carbons (Fsp3) is 0.222. The molecule has 0 unspecified atom stereocenters. The summed E-state index contributed by atoms with van der Waals surface area (Å²) in [7, 11) is 0. The van der Waals surface area contributed by atoms with Gasteiger partial charge in [-0.2, -0.15) is 0 Å². The number of halogens is 3. The minimum Gasteiger partial charge on any atom is -0.368 e. The Bertz CT molecular complexity index is 836. The number of piperazine rings is 1. The molecule has 1 heterocycles. The van der Waals surface area contributed by atoms with Gasteiger partial charge < -0.3 is 15.1 Å². The quantitative estimate of drug-likeness (QED) is 0.760. The van der Waals surface area contributed by atoms with E-state index < -0.39 is 11.8 Å². The van der Waals surface area contributed by atoms with E-state index in [1.807, 2.05) is 24.3 Å². The Balaban J connectivity index is 1.59. The number of nitrogens with one attached hydrogen (secondary N) is 1. The van der Waals surface area contributed by atoms with Gasteiger partial charge in [0.25, 0.3) is 0 Å². The molecule has 2 aromatic carbocycles. The van der Waals surface area contributed by atoms with E-state index in [-0.39, 0.29) is 0 Å². The number of rotatable bonds is 2. The number of hydrogen-bond acceptors (Lipinski definition) is 3. The van der Waals surface area contributed by atoms with E-state index in [9.17, 15) is 9.59 Å². The molecule has 1 N–H and O–H groups in total. The standard InChI is InChI=1S/C18H16Cl3N3O2/c19-12-2-1-3-14(10-12)23-6-8-24(9-7-23)18(26)17(25)22-16-11-13(20)4-5-15(16)21/h1-5,10-11H,6-9H2,(H,22,25). The van der Waals surface area contributed by atoms with E-state index >= 15 is 0 Å². The van der Waals surface area contributed by atoms with Crippen molar-refractivity contribution >= 4 is 58.0 Å². The van der Waals surface area contributed by atoms with Crippen LogP contribution in [0.2, 0.25) is 15.1 Å². The van der Waals surface area contributed by atoms with Crippen LogP contribution in [0.4, 0.5) is 11.4 Å². The first-order valence-electron chi connectivity index (χ1n) is 8.00. The fourth-order valence-electron chi connectivity index (χ4n) is 2.75. The third kappa shape index (κ3) is 4.41. The van der Waals surface area contributed by atoms with Crippen molar-refractivity contribution < 1.29 is 9.59 Å². The summed E-state index contributed by atoms with van der Waals surface area (Å²) in [6.07, 6.45) is 0. The summed E-state index contributed by atoms with van der Waals surface area (Å²) in [6, 6.07) is 12.2. The van der Waals surface area contributed by atoms with E-state index in [1.165, 1.54) is 11.0 Å². The third-order valence-corrected chi connectivity index (χ3v) is 4.91. The maximum Gasteiger partial charge on any atom is 0.313 e. The van der Waals surface area contributed by atoms with Crippen LogP contribution in [0.15, 0.2) is 42.5 Å². The summed E-state index contributed by atoms with van der Waals surface area (Å²) in [5, 5.41) is 3.93. The molecule has 3 rings (SSSR count). The molecular formula is C18H16Cl3N3O2. The van der Waals surface area contributed by atoms with E-state index in [0.29, 0.717) is 46.9 Å². The number of nitrogens with zero attached hydrogens (tertiary/aromatic N) is 2. The third-order valence-electron chi connectivity index (χ3n) is 4.11. The van der Waals surface area contributed by atoms with Crippen molar-refractivity contribution in [2.75, 3.05) is 36.4 Å². The average Bonchev–Trinajstić information content (AvgIpc) is 2.64. The Labute approximate surface area is 166 Å². The predicted octanol–water partition coefficient (Wildman–Crippen LogP) is 3.93. The molecule has 1 fully saturated rings. The van der Waals surface area contributed by atoms with Crippen molar-refractivity contribution in [2.45, 2.75) is 0 Å². The fourth-order valence-corrected chi connectivity index (χ4v) is 3.27. The minimum absolute atomic E-state index is 0.315.